The van der Waals surface area contributed by atoms with Gasteiger partial charge in [-0.1, -0.05) is 6.42 Å². The van der Waals surface area contributed by atoms with Crippen LogP contribution in [0.2, 0.25) is 0 Å². The Labute approximate surface area is 79.9 Å². The molecule has 3 nitrogen and oxygen atoms in total. The zero-order chi connectivity index (χ0) is 9.10. The number of hydrogen-bond donors (Lipinski definition) is 3. The Kier molecular flexibility index (Phi) is 3.19. The second-order valence-corrected chi connectivity index (χ2v) is 4.31. The molecule has 0 aromatic rings. The molecular weight excluding hydrogens is 164 g/mol. The number of aliphatic hydroxyl groups excluding tert-OH is 1. The number of piperidine rings is 1. The molecule has 0 aromatic heterocycles. The molecule has 76 valence electrons. The van der Waals surface area contributed by atoms with E-state index in [1.54, 1.807) is 0 Å². The van der Waals surface area contributed by atoms with E-state index < -0.39 is 0 Å². The summed E-state index contributed by atoms with van der Waals surface area (Å²) >= 11 is 0. The molecule has 0 radical (unpaired) electrons. The summed E-state index contributed by atoms with van der Waals surface area (Å²) in [6.07, 6.45) is 6.06. The van der Waals surface area contributed by atoms with Crippen molar-refractivity contribution in [2.45, 2.75) is 50.3 Å². The average Bonchev–Trinajstić information content (AvgIpc) is 2.99. The van der Waals surface area contributed by atoms with Gasteiger partial charge in [0.2, 0.25) is 0 Å². The Bertz CT molecular complexity index is 153. The summed E-state index contributed by atoms with van der Waals surface area (Å²) in [5.74, 6) is 0. The maximum Gasteiger partial charge on any atom is 0.0817 e. The van der Waals surface area contributed by atoms with Gasteiger partial charge >= 0.3 is 0 Å². The molecule has 2 aliphatic rings. The lowest BCUT2D eigenvalue weighted by atomic mass is 10.00. The normalized spacial score (nSPS) is 31.6. The van der Waals surface area contributed by atoms with Crippen molar-refractivity contribution >= 4 is 0 Å². The fraction of sp³-hybridized carbons (Fsp3) is 1.00. The van der Waals surface area contributed by atoms with Crippen LogP contribution in [0.25, 0.3) is 0 Å². The van der Waals surface area contributed by atoms with Gasteiger partial charge in [-0.05, 0) is 32.2 Å². The first-order valence-electron chi connectivity index (χ1n) is 5.51. The van der Waals surface area contributed by atoms with Gasteiger partial charge in [0, 0.05) is 18.6 Å². The van der Waals surface area contributed by atoms with Gasteiger partial charge in [0.15, 0.2) is 0 Å². The van der Waals surface area contributed by atoms with Gasteiger partial charge in [-0.2, -0.15) is 0 Å². The highest BCUT2D eigenvalue weighted by molar-refractivity contribution is 4.86. The lowest BCUT2D eigenvalue weighted by Crippen LogP contribution is -2.47. The van der Waals surface area contributed by atoms with Crippen LogP contribution < -0.4 is 10.6 Å². The summed E-state index contributed by atoms with van der Waals surface area (Å²) in [5.41, 5.74) is 0. The molecule has 1 aliphatic heterocycles. The van der Waals surface area contributed by atoms with Crippen molar-refractivity contribution in [2.24, 2.45) is 0 Å². The van der Waals surface area contributed by atoms with Crippen LogP contribution in [0.4, 0.5) is 0 Å². The van der Waals surface area contributed by atoms with Crippen molar-refractivity contribution in [1.82, 2.24) is 10.6 Å². The molecule has 1 saturated heterocycles. The van der Waals surface area contributed by atoms with Crippen molar-refractivity contribution < 1.29 is 5.11 Å². The van der Waals surface area contributed by atoms with Crippen LogP contribution in [0.15, 0.2) is 0 Å². The van der Waals surface area contributed by atoms with E-state index in [1.165, 1.54) is 25.7 Å². The second-order valence-electron chi connectivity index (χ2n) is 4.31. The number of rotatable bonds is 4. The Balaban J connectivity index is 1.64. The van der Waals surface area contributed by atoms with Crippen molar-refractivity contribution in [3.63, 3.8) is 0 Å². The standard InChI is InChI=1S/C10H20N2O/c13-10(7-12-8-4-5-8)9-3-1-2-6-11-9/h8-13H,1-7H2. The molecule has 0 bridgehead atoms. The van der Waals surface area contributed by atoms with E-state index in [0.29, 0.717) is 12.1 Å². The third-order valence-corrected chi connectivity index (χ3v) is 3.01. The summed E-state index contributed by atoms with van der Waals surface area (Å²) in [5, 5.41) is 16.6. The zero-order valence-electron chi connectivity index (χ0n) is 8.13. The molecule has 2 rings (SSSR count). The molecule has 3 N–H and O–H groups in total. The van der Waals surface area contributed by atoms with Crippen LogP contribution >= 0.6 is 0 Å². The molecule has 13 heavy (non-hydrogen) atoms. The van der Waals surface area contributed by atoms with E-state index in [1.807, 2.05) is 0 Å². The van der Waals surface area contributed by atoms with Gasteiger partial charge in [0.05, 0.1) is 6.10 Å². The van der Waals surface area contributed by atoms with Crippen molar-refractivity contribution in [3.8, 4) is 0 Å². The molecule has 0 amide bonds. The smallest absolute Gasteiger partial charge is 0.0817 e. The molecule has 0 aromatic carbocycles. The lowest BCUT2D eigenvalue weighted by Gasteiger charge is -2.28. The molecule has 2 unspecified atom stereocenters. The molecule has 2 atom stereocenters. The topological polar surface area (TPSA) is 44.3 Å². The number of hydrogen-bond acceptors (Lipinski definition) is 3. The minimum absolute atomic E-state index is 0.194. The predicted octanol–water partition coefficient (Wildman–Crippen LogP) is 0.241. The van der Waals surface area contributed by atoms with E-state index in [4.69, 9.17) is 0 Å². The van der Waals surface area contributed by atoms with Crippen molar-refractivity contribution in [3.05, 3.63) is 0 Å². The highest BCUT2D eigenvalue weighted by Crippen LogP contribution is 2.19. The minimum atomic E-state index is -0.194. The molecule has 3 heteroatoms. The molecule has 1 heterocycles. The van der Waals surface area contributed by atoms with Crippen LogP contribution in [-0.2, 0) is 0 Å². The predicted molar refractivity (Wildman–Crippen MR) is 52.7 cm³/mol. The van der Waals surface area contributed by atoms with E-state index in [-0.39, 0.29) is 6.10 Å². The Morgan fingerprint density at radius 2 is 2.15 bits per heavy atom. The van der Waals surface area contributed by atoms with Gasteiger partial charge in [-0.15, -0.1) is 0 Å². The van der Waals surface area contributed by atoms with E-state index >= 15 is 0 Å². The van der Waals surface area contributed by atoms with E-state index in [0.717, 1.165) is 19.5 Å². The quantitative estimate of drug-likeness (QED) is 0.586. The first kappa shape index (κ1) is 9.44. The molecule has 1 saturated carbocycles. The van der Waals surface area contributed by atoms with Crippen molar-refractivity contribution in [2.75, 3.05) is 13.1 Å². The summed E-state index contributed by atoms with van der Waals surface area (Å²) in [6.45, 7) is 1.84. The third kappa shape index (κ3) is 2.93. The number of nitrogens with one attached hydrogen (secondary N) is 2. The van der Waals surface area contributed by atoms with Gasteiger partial charge in [0.1, 0.15) is 0 Å². The van der Waals surface area contributed by atoms with E-state index in [9.17, 15) is 5.11 Å². The third-order valence-electron chi connectivity index (χ3n) is 3.01. The second kappa shape index (κ2) is 4.40. The summed E-state index contributed by atoms with van der Waals surface area (Å²) in [7, 11) is 0. The van der Waals surface area contributed by atoms with Gasteiger partial charge < -0.3 is 15.7 Å². The van der Waals surface area contributed by atoms with Crippen LogP contribution in [0, 0.1) is 0 Å². The van der Waals surface area contributed by atoms with Crippen LogP contribution in [0.1, 0.15) is 32.1 Å². The first-order valence-corrected chi connectivity index (χ1v) is 5.51. The molecule has 2 fully saturated rings. The van der Waals surface area contributed by atoms with Crippen molar-refractivity contribution in [1.29, 1.82) is 0 Å². The van der Waals surface area contributed by atoms with Crippen LogP contribution in [0.5, 0.6) is 0 Å². The largest absolute Gasteiger partial charge is 0.390 e. The SMILES string of the molecule is OC(CNC1CC1)C1CCCCN1. The Morgan fingerprint density at radius 1 is 1.31 bits per heavy atom. The summed E-state index contributed by atoms with van der Waals surface area (Å²) in [6, 6.07) is 1.04. The first-order chi connectivity index (χ1) is 6.36. The minimum Gasteiger partial charge on any atom is -0.390 e. The fourth-order valence-electron chi connectivity index (χ4n) is 1.92. The van der Waals surface area contributed by atoms with E-state index in [2.05, 4.69) is 10.6 Å². The van der Waals surface area contributed by atoms with Crippen LogP contribution in [0.3, 0.4) is 0 Å². The van der Waals surface area contributed by atoms with Crippen LogP contribution in [-0.4, -0.2) is 36.4 Å². The fourth-order valence-corrected chi connectivity index (χ4v) is 1.92. The Hall–Kier alpha value is -0.120. The maximum absolute atomic E-state index is 9.83. The zero-order valence-corrected chi connectivity index (χ0v) is 8.13. The lowest BCUT2D eigenvalue weighted by molar-refractivity contribution is 0.111. The molecule has 1 aliphatic carbocycles. The highest BCUT2D eigenvalue weighted by Gasteiger charge is 2.25. The van der Waals surface area contributed by atoms with Gasteiger partial charge in [-0.25, -0.2) is 0 Å². The monoisotopic (exact) mass is 184 g/mol. The number of aliphatic hydroxyl groups is 1. The average molecular weight is 184 g/mol. The Morgan fingerprint density at radius 3 is 2.77 bits per heavy atom. The van der Waals surface area contributed by atoms with Gasteiger partial charge in [-0.3, -0.25) is 0 Å². The summed E-state index contributed by atoms with van der Waals surface area (Å²) < 4.78 is 0. The molecular formula is C10H20N2O. The molecule has 0 spiro atoms. The highest BCUT2D eigenvalue weighted by atomic mass is 16.3. The van der Waals surface area contributed by atoms with Gasteiger partial charge in [0.25, 0.3) is 0 Å². The maximum atomic E-state index is 9.83. The summed E-state index contributed by atoms with van der Waals surface area (Å²) in [4.78, 5) is 0.